The molecule has 1 aromatic heterocycles. The molecule has 1 aromatic carbocycles. The van der Waals surface area contributed by atoms with Crippen LogP contribution in [-0.4, -0.2) is 14.9 Å². The maximum absolute atomic E-state index is 13.0. The first kappa shape index (κ1) is 10.2. The average molecular weight is 219 g/mol. The Labute approximate surface area is 89.7 Å². The lowest BCUT2D eigenvalue weighted by Gasteiger charge is -2.01. The van der Waals surface area contributed by atoms with E-state index in [0.717, 1.165) is 18.2 Å². The largest absolute Gasteiger partial charge is 0.279 e. The van der Waals surface area contributed by atoms with Gasteiger partial charge in [-0.05, 0) is 12.1 Å². The first-order chi connectivity index (χ1) is 7.68. The molecular formula is C10H6FN3O2. The van der Waals surface area contributed by atoms with E-state index in [1.807, 2.05) is 0 Å². The zero-order valence-electron chi connectivity index (χ0n) is 8.00. The van der Waals surface area contributed by atoms with Gasteiger partial charge < -0.3 is 0 Å². The molecule has 0 N–H and O–H groups in total. The SMILES string of the molecule is O=[N+]([O-])c1ccc(F)cc1-c1cnccn1. The van der Waals surface area contributed by atoms with Crippen LogP contribution in [-0.2, 0) is 0 Å². The Balaban J connectivity index is 2.63. The second-order valence-electron chi connectivity index (χ2n) is 3.01. The number of hydrogen-bond donors (Lipinski definition) is 0. The molecule has 0 spiro atoms. The molecule has 6 heteroatoms. The van der Waals surface area contributed by atoms with Gasteiger partial charge in [0.1, 0.15) is 5.82 Å². The van der Waals surface area contributed by atoms with Crippen molar-refractivity contribution in [3.63, 3.8) is 0 Å². The lowest BCUT2D eigenvalue weighted by molar-refractivity contribution is -0.384. The fourth-order valence-electron chi connectivity index (χ4n) is 1.31. The van der Waals surface area contributed by atoms with Crippen molar-refractivity contribution < 1.29 is 9.31 Å². The first-order valence-electron chi connectivity index (χ1n) is 4.39. The monoisotopic (exact) mass is 219 g/mol. The van der Waals surface area contributed by atoms with E-state index in [4.69, 9.17) is 0 Å². The third-order valence-electron chi connectivity index (χ3n) is 1.99. The van der Waals surface area contributed by atoms with Crippen LogP contribution in [0.3, 0.4) is 0 Å². The molecule has 16 heavy (non-hydrogen) atoms. The Morgan fingerprint density at radius 1 is 1.31 bits per heavy atom. The highest BCUT2D eigenvalue weighted by atomic mass is 19.1. The summed E-state index contributed by atoms with van der Waals surface area (Å²) in [6.07, 6.45) is 4.18. The van der Waals surface area contributed by atoms with E-state index in [1.54, 1.807) is 0 Å². The minimum atomic E-state index is -0.580. The predicted octanol–water partition coefficient (Wildman–Crippen LogP) is 2.19. The highest BCUT2D eigenvalue weighted by Crippen LogP contribution is 2.28. The van der Waals surface area contributed by atoms with E-state index in [9.17, 15) is 14.5 Å². The smallest absolute Gasteiger partial charge is 0.261 e. The van der Waals surface area contributed by atoms with Crippen molar-refractivity contribution in [1.82, 2.24) is 9.97 Å². The molecule has 0 fully saturated rings. The summed E-state index contributed by atoms with van der Waals surface area (Å²) in [6, 6.07) is 3.22. The van der Waals surface area contributed by atoms with Crippen LogP contribution in [0.1, 0.15) is 0 Å². The Morgan fingerprint density at radius 2 is 2.12 bits per heavy atom. The average Bonchev–Trinajstić information content (AvgIpc) is 2.29. The molecule has 0 amide bonds. The van der Waals surface area contributed by atoms with Crippen LogP contribution in [0.15, 0.2) is 36.8 Å². The molecule has 0 aliphatic carbocycles. The summed E-state index contributed by atoms with van der Waals surface area (Å²) >= 11 is 0. The quantitative estimate of drug-likeness (QED) is 0.573. The van der Waals surface area contributed by atoms with E-state index in [1.165, 1.54) is 18.6 Å². The Bertz CT molecular complexity index is 531. The Morgan fingerprint density at radius 3 is 2.75 bits per heavy atom. The normalized spacial score (nSPS) is 10.1. The summed E-state index contributed by atoms with van der Waals surface area (Å²) in [6.45, 7) is 0. The molecule has 0 atom stereocenters. The highest BCUT2D eigenvalue weighted by molar-refractivity contribution is 5.69. The van der Waals surface area contributed by atoms with Crippen LogP contribution in [0.2, 0.25) is 0 Å². The third kappa shape index (κ3) is 1.85. The van der Waals surface area contributed by atoms with Crippen LogP contribution in [0.4, 0.5) is 10.1 Å². The number of aromatic nitrogens is 2. The van der Waals surface area contributed by atoms with E-state index in [0.29, 0.717) is 0 Å². The number of halogens is 1. The maximum Gasteiger partial charge on any atom is 0.279 e. The van der Waals surface area contributed by atoms with Crippen molar-refractivity contribution in [2.24, 2.45) is 0 Å². The van der Waals surface area contributed by atoms with E-state index in [2.05, 4.69) is 9.97 Å². The minimum absolute atomic E-state index is 0.123. The van der Waals surface area contributed by atoms with E-state index >= 15 is 0 Å². The molecule has 5 nitrogen and oxygen atoms in total. The molecule has 0 bridgehead atoms. The number of nitro groups is 1. The molecule has 0 saturated heterocycles. The van der Waals surface area contributed by atoms with Gasteiger partial charge in [-0.25, -0.2) is 4.39 Å². The number of benzene rings is 1. The Hall–Kier alpha value is -2.37. The van der Waals surface area contributed by atoms with Gasteiger partial charge in [-0.1, -0.05) is 0 Å². The summed E-state index contributed by atoms with van der Waals surface area (Å²) in [7, 11) is 0. The number of nitro benzene ring substituents is 1. The number of nitrogens with zero attached hydrogens (tertiary/aromatic N) is 3. The topological polar surface area (TPSA) is 68.9 Å². The van der Waals surface area contributed by atoms with Crippen molar-refractivity contribution in [2.75, 3.05) is 0 Å². The summed E-state index contributed by atoms with van der Waals surface area (Å²) in [5, 5.41) is 10.7. The molecule has 80 valence electrons. The fourth-order valence-corrected chi connectivity index (χ4v) is 1.31. The highest BCUT2D eigenvalue weighted by Gasteiger charge is 2.16. The maximum atomic E-state index is 13.0. The van der Waals surface area contributed by atoms with Gasteiger partial charge in [0.15, 0.2) is 0 Å². The zero-order valence-corrected chi connectivity index (χ0v) is 8.00. The lowest BCUT2D eigenvalue weighted by Crippen LogP contribution is -1.94. The van der Waals surface area contributed by atoms with Crippen LogP contribution >= 0.6 is 0 Å². The van der Waals surface area contributed by atoms with Gasteiger partial charge in [0.25, 0.3) is 5.69 Å². The molecular weight excluding hydrogens is 213 g/mol. The molecule has 1 heterocycles. The molecule has 0 unspecified atom stereocenters. The summed E-state index contributed by atoms with van der Waals surface area (Å²) in [5.41, 5.74) is 0.203. The summed E-state index contributed by atoms with van der Waals surface area (Å²) < 4.78 is 13.0. The minimum Gasteiger partial charge on any atom is -0.261 e. The van der Waals surface area contributed by atoms with Gasteiger partial charge in [0.2, 0.25) is 0 Å². The third-order valence-corrected chi connectivity index (χ3v) is 1.99. The molecule has 0 aliphatic rings. The van der Waals surface area contributed by atoms with E-state index in [-0.39, 0.29) is 16.9 Å². The molecule has 0 radical (unpaired) electrons. The predicted molar refractivity (Wildman–Crippen MR) is 54.1 cm³/mol. The van der Waals surface area contributed by atoms with E-state index < -0.39 is 10.7 Å². The Kier molecular flexibility index (Phi) is 2.55. The second-order valence-corrected chi connectivity index (χ2v) is 3.01. The fraction of sp³-hybridized carbons (Fsp3) is 0. The van der Waals surface area contributed by atoms with Gasteiger partial charge in [-0.2, -0.15) is 0 Å². The van der Waals surface area contributed by atoms with Gasteiger partial charge in [0, 0.05) is 18.5 Å². The van der Waals surface area contributed by atoms with Gasteiger partial charge in [-0.3, -0.25) is 20.1 Å². The van der Waals surface area contributed by atoms with Crippen molar-refractivity contribution in [3.8, 4) is 11.3 Å². The molecule has 2 rings (SSSR count). The van der Waals surface area contributed by atoms with Gasteiger partial charge >= 0.3 is 0 Å². The first-order valence-corrected chi connectivity index (χ1v) is 4.39. The zero-order chi connectivity index (χ0) is 11.5. The lowest BCUT2D eigenvalue weighted by atomic mass is 10.1. The van der Waals surface area contributed by atoms with Crippen molar-refractivity contribution in [2.45, 2.75) is 0 Å². The summed E-state index contributed by atoms with van der Waals surface area (Å²) in [5.74, 6) is -0.550. The van der Waals surface area contributed by atoms with Crippen LogP contribution < -0.4 is 0 Å². The van der Waals surface area contributed by atoms with Gasteiger partial charge in [-0.15, -0.1) is 0 Å². The van der Waals surface area contributed by atoms with Crippen molar-refractivity contribution >= 4 is 5.69 Å². The second kappa shape index (κ2) is 4.01. The van der Waals surface area contributed by atoms with Crippen molar-refractivity contribution in [3.05, 3.63) is 52.7 Å². The molecule has 0 saturated carbocycles. The van der Waals surface area contributed by atoms with Crippen LogP contribution in [0.25, 0.3) is 11.3 Å². The van der Waals surface area contributed by atoms with Crippen molar-refractivity contribution in [1.29, 1.82) is 0 Å². The molecule has 0 aliphatic heterocycles. The summed E-state index contributed by atoms with van der Waals surface area (Å²) in [4.78, 5) is 17.8. The number of rotatable bonds is 2. The van der Waals surface area contributed by atoms with Crippen LogP contribution in [0, 0.1) is 15.9 Å². The van der Waals surface area contributed by atoms with Crippen LogP contribution in [0.5, 0.6) is 0 Å². The standard InChI is InChI=1S/C10H6FN3O2/c11-7-1-2-10(14(15)16)8(5-7)9-6-12-3-4-13-9/h1-6H. The van der Waals surface area contributed by atoms with Gasteiger partial charge in [0.05, 0.1) is 22.4 Å². The number of hydrogen-bond acceptors (Lipinski definition) is 4. The molecule has 2 aromatic rings.